The number of hydrogen-bond donors (Lipinski definition) is 0. The van der Waals surface area contributed by atoms with Gasteiger partial charge in [-0.05, 0) is 43.1 Å². The van der Waals surface area contributed by atoms with Crippen molar-refractivity contribution in [2.24, 2.45) is 0 Å². The molecular weight excluding hydrogens is 198 g/mol. The molecule has 0 radical (unpaired) electrons. The van der Waals surface area contributed by atoms with Gasteiger partial charge in [-0.15, -0.1) is 0 Å². The van der Waals surface area contributed by atoms with Crippen molar-refractivity contribution in [2.45, 2.75) is 26.7 Å². The first-order chi connectivity index (χ1) is 7.79. The largest absolute Gasteiger partial charge is 0.497 e. The van der Waals surface area contributed by atoms with Crippen molar-refractivity contribution in [1.29, 1.82) is 0 Å². The van der Waals surface area contributed by atoms with Crippen LogP contribution in [0.2, 0.25) is 0 Å². The van der Waals surface area contributed by atoms with E-state index in [2.05, 4.69) is 30.1 Å². The van der Waals surface area contributed by atoms with Gasteiger partial charge in [0.1, 0.15) is 5.75 Å². The molecule has 1 heterocycles. The Hall–Kier alpha value is -1.02. The van der Waals surface area contributed by atoms with Crippen LogP contribution in [0.5, 0.6) is 5.75 Å². The predicted octanol–water partition coefficient (Wildman–Crippen LogP) is 2.75. The number of nitrogens with zero attached hydrogens (tertiary/aromatic N) is 1. The summed E-state index contributed by atoms with van der Waals surface area (Å²) in [5.74, 6) is 0.980. The molecule has 0 aromatic heterocycles. The normalized spacial score (nSPS) is 15.5. The first-order valence-corrected chi connectivity index (χ1v) is 6.14. The molecule has 0 amide bonds. The van der Waals surface area contributed by atoms with Gasteiger partial charge in [-0.1, -0.05) is 19.9 Å². The number of ether oxygens (including phenoxy) is 1. The van der Waals surface area contributed by atoms with Crippen LogP contribution >= 0.6 is 0 Å². The third-order valence-corrected chi connectivity index (χ3v) is 2.94. The summed E-state index contributed by atoms with van der Waals surface area (Å²) in [6.45, 7) is 6.32. The summed E-state index contributed by atoms with van der Waals surface area (Å²) in [6, 6.07) is 6.44. The van der Waals surface area contributed by atoms with Gasteiger partial charge in [0.25, 0.3) is 0 Å². The molecule has 2 rings (SSSR count). The van der Waals surface area contributed by atoms with Gasteiger partial charge in [-0.25, -0.2) is 0 Å². The van der Waals surface area contributed by atoms with Crippen LogP contribution in [0.25, 0.3) is 0 Å². The smallest absolute Gasteiger partial charge is 0.119 e. The van der Waals surface area contributed by atoms with E-state index in [0.717, 1.165) is 25.1 Å². The van der Waals surface area contributed by atoms with E-state index in [9.17, 15) is 0 Å². The van der Waals surface area contributed by atoms with Crippen molar-refractivity contribution in [3.05, 3.63) is 29.3 Å². The summed E-state index contributed by atoms with van der Waals surface area (Å²) in [5.41, 5.74) is 2.93. The van der Waals surface area contributed by atoms with Gasteiger partial charge in [0.05, 0.1) is 7.11 Å². The molecule has 0 atom stereocenters. The summed E-state index contributed by atoms with van der Waals surface area (Å²) < 4.78 is 5.23. The third-order valence-electron chi connectivity index (χ3n) is 2.94. The number of rotatable bonds is 1. The van der Waals surface area contributed by atoms with E-state index in [1.54, 1.807) is 7.11 Å². The van der Waals surface area contributed by atoms with Crippen LogP contribution in [0.1, 0.15) is 25.0 Å². The lowest BCUT2D eigenvalue weighted by atomic mass is 10.0. The quantitative estimate of drug-likeness (QED) is 0.723. The second-order valence-electron chi connectivity index (χ2n) is 3.94. The summed E-state index contributed by atoms with van der Waals surface area (Å²) in [4.78, 5) is 2.38. The topological polar surface area (TPSA) is 12.5 Å². The number of benzene rings is 1. The molecule has 1 aromatic rings. The Labute approximate surface area is 99.2 Å². The van der Waals surface area contributed by atoms with Gasteiger partial charge in [0.2, 0.25) is 0 Å². The minimum Gasteiger partial charge on any atom is -0.497 e. The van der Waals surface area contributed by atoms with Crippen LogP contribution in [0.4, 0.5) is 0 Å². The van der Waals surface area contributed by atoms with Crippen LogP contribution in [-0.4, -0.2) is 32.1 Å². The van der Waals surface area contributed by atoms with Crippen molar-refractivity contribution < 1.29 is 4.74 Å². The molecule has 2 nitrogen and oxygen atoms in total. The molecule has 0 spiro atoms. The van der Waals surface area contributed by atoms with Gasteiger partial charge >= 0.3 is 0 Å². The maximum Gasteiger partial charge on any atom is 0.119 e. The van der Waals surface area contributed by atoms with Crippen LogP contribution < -0.4 is 4.74 Å². The molecule has 1 aliphatic rings. The molecule has 1 aliphatic heterocycles. The van der Waals surface area contributed by atoms with E-state index < -0.39 is 0 Å². The molecule has 0 N–H and O–H groups in total. The first-order valence-electron chi connectivity index (χ1n) is 6.14. The van der Waals surface area contributed by atoms with Crippen LogP contribution in [0.3, 0.4) is 0 Å². The highest BCUT2D eigenvalue weighted by Gasteiger charge is 2.11. The fraction of sp³-hybridized carbons (Fsp3) is 0.571. The molecule has 16 heavy (non-hydrogen) atoms. The SMILES string of the molecule is CC.COc1ccc2c(c1)CCN(C)CC2. The van der Waals surface area contributed by atoms with Gasteiger partial charge in [-0.2, -0.15) is 0 Å². The van der Waals surface area contributed by atoms with Crippen LogP contribution in [0.15, 0.2) is 18.2 Å². The van der Waals surface area contributed by atoms with Crippen molar-refractivity contribution in [1.82, 2.24) is 4.90 Å². The Morgan fingerprint density at radius 2 is 1.69 bits per heavy atom. The zero-order valence-corrected chi connectivity index (χ0v) is 10.9. The average Bonchev–Trinajstić information content (AvgIpc) is 2.54. The van der Waals surface area contributed by atoms with Gasteiger partial charge in [-0.3, -0.25) is 0 Å². The fourth-order valence-corrected chi connectivity index (χ4v) is 1.94. The number of likely N-dealkylation sites (N-methyl/N-ethyl adjacent to an activating group) is 1. The Bertz CT molecular complexity index is 323. The van der Waals surface area contributed by atoms with E-state index in [1.165, 1.54) is 17.7 Å². The highest BCUT2D eigenvalue weighted by Crippen LogP contribution is 2.21. The van der Waals surface area contributed by atoms with E-state index in [-0.39, 0.29) is 0 Å². The summed E-state index contributed by atoms with van der Waals surface area (Å²) >= 11 is 0. The second kappa shape index (κ2) is 6.54. The van der Waals surface area contributed by atoms with Crippen molar-refractivity contribution in [3.63, 3.8) is 0 Å². The van der Waals surface area contributed by atoms with Crippen molar-refractivity contribution >= 4 is 0 Å². The Kier molecular flexibility index (Phi) is 5.33. The maximum absolute atomic E-state index is 5.23. The Morgan fingerprint density at radius 3 is 2.31 bits per heavy atom. The van der Waals surface area contributed by atoms with Gasteiger partial charge in [0.15, 0.2) is 0 Å². The first kappa shape index (κ1) is 13.0. The lowest BCUT2D eigenvalue weighted by Gasteiger charge is -2.10. The van der Waals surface area contributed by atoms with E-state index >= 15 is 0 Å². The number of hydrogen-bond acceptors (Lipinski definition) is 2. The van der Waals surface area contributed by atoms with E-state index in [4.69, 9.17) is 4.74 Å². The predicted molar refractivity (Wildman–Crippen MR) is 69.2 cm³/mol. The zero-order chi connectivity index (χ0) is 12.0. The molecule has 2 heteroatoms. The molecule has 0 saturated carbocycles. The fourth-order valence-electron chi connectivity index (χ4n) is 1.94. The monoisotopic (exact) mass is 221 g/mol. The summed E-state index contributed by atoms with van der Waals surface area (Å²) in [7, 11) is 3.91. The average molecular weight is 221 g/mol. The summed E-state index contributed by atoms with van der Waals surface area (Å²) in [6.07, 6.45) is 2.30. The standard InChI is InChI=1S/C12H17NO.C2H6/c1-13-7-5-10-3-4-12(14-2)9-11(10)6-8-13;1-2/h3-4,9H,5-8H2,1-2H3;1-2H3. The van der Waals surface area contributed by atoms with Gasteiger partial charge < -0.3 is 9.64 Å². The van der Waals surface area contributed by atoms with Crippen molar-refractivity contribution in [3.8, 4) is 5.75 Å². The highest BCUT2D eigenvalue weighted by atomic mass is 16.5. The highest BCUT2D eigenvalue weighted by molar-refractivity contribution is 5.36. The van der Waals surface area contributed by atoms with Crippen LogP contribution in [-0.2, 0) is 12.8 Å². The van der Waals surface area contributed by atoms with Gasteiger partial charge in [0, 0.05) is 13.1 Å². The van der Waals surface area contributed by atoms with Crippen molar-refractivity contribution in [2.75, 3.05) is 27.2 Å². The molecule has 0 bridgehead atoms. The minimum absolute atomic E-state index is 0.980. The molecule has 0 aliphatic carbocycles. The van der Waals surface area contributed by atoms with E-state index in [0.29, 0.717) is 0 Å². The molecule has 1 aromatic carbocycles. The lowest BCUT2D eigenvalue weighted by Crippen LogP contribution is -2.20. The third kappa shape index (κ3) is 3.24. The molecule has 0 saturated heterocycles. The molecule has 0 unspecified atom stereocenters. The number of fused-ring (bicyclic) bond motifs is 1. The molecular formula is C14H23NO. The van der Waals surface area contributed by atoms with Crippen LogP contribution in [0, 0.1) is 0 Å². The summed E-state index contributed by atoms with van der Waals surface area (Å²) in [5, 5.41) is 0. The Balaban J connectivity index is 0.000000606. The Morgan fingerprint density at radius 1 is 1.06 bits per heavy atom. The van der Waals surface area contributed by atoms with E-state index in [1.807, 2.05) is 13.8 Å². The lowest BCUT2D eigenvalue weighted by molar-refractivity contribution is 0.352. The zero-order valence-electron chi connectivity index (χ0n) is 10.9. The molecule has 90 valence electrons. The second-order valence-corrected chi connectivity index (χ2v) is 3.94. The maximum atomic E-state index is 5.23. The number of methoxy groups -OCH3 is 1. The minimum atomic E-state index is 0.980. The molecule has 0 fully saturated rings.